The van der Waals surface area contributed by atoms with Crippen LogP contribution in [-0.2, 0) is 20.9 Å². The van der Waals surface area contributed by atoms with Crippen LogP contribution in [0.25, 0.3) is 0 Å². The number of nitrogens with one attached hydrogen (secondary N) is 2. The molecule has 0 saturated carbocycles. The van der Waals surface area contributed by atoms with Crippen LogP contribution in [0.1, 0.15) is 44.5 Å². The highest BCUT2D eigenvalue weighted by Gasteiger charge is 2.23. The number of amides is 2. The quantitative estimate of drug-likeness (QED) is 0.648. The number of rotatable bonds is 8. The highest BCUT2D eigenvalue weighted by molar-refractivity contribution is 7.13. The van der Waals surface area contributed by atoms with Crippen LogP contribution >= 0.6 is 11.3 Å². The van der Waals surface area contributed by atoms with E-state index in [1.165, 1.54) is 18.3 Å². The number of hydrogen-bond donors (Lipinski definition) is 2. The van der Waals surface area contributed by atoms with Gasteiger partial charge in [0.05, 0.1) is 37.5 Å². The maximum atomic E-state index is 12.6. The van der Waals surface area contributed by atoms with Crippen LogP contribution in [0.2, 0.25) is 0 Å². The van der Waals surface area contributed by atoms with Crippen LogP contribution in [0.5, 0.6) is 5.75 Å². The van der Waals surface area contributed by atoms with E-state index in [4.69, 9.17) is 9.47 Å². The minimum atomic E-state index is -0.431. The van der Waals surface area contributed by atoms with Gasteiger partial charge in [0.25, 0.3) is 0 Å². The maximum Gasteiger partial charge on any atom is 0.228 e. The van der Waals surface area contributed by atoms with Gasteiger partial charge in [-0.2, -0.15) is 0 Å². The molecule has 1 aromatic carbocycles. The van der Waals surface area contributed by atoms with Crippen molar-refractivity contribution in [2.24, 2.45) is 0 Å². The summed E-state index contributed by atoms with van der Waals surface area (Å²) in [4.78, 5) is 31.2. The molecule has 0 spiro atoms. The minimum absolute atomic E-state index is 0.110. The number of thiazole rings is 1. The number of nitrogens with zero attached hydrogens (tertiary/aromatic N) is 2. The lowest BCUT2D eigenvalue weighted by Crippen LogP contribution is -2.44. The average Bonchev–Trinajstić information content (AvgIpc) is 3.13. The number of aromatic nitrogens is 1. The van der Waals surface area contributed by atoms with E-state index < -0.39 is 6.04 Å². The number of methoxy groups -OCH3 is 1. The van der Waals surface area contributed by atoms with E-state index in [0.717, 1.165) is 30.9 Å². The van der Waals surface area contributed by atoms with E-state index in [2.05, 4.69) is 34.4 Å². The van der Waals surface area contributed by atoms with Gasteiger partial charge in [-0.05, 0) is 31.5 Å². The lowest BCUT2D eigenvalue weighted by molar-refractivity contribution is -0.120. The van der Waals surface area contributed by atoms with Gasteiger partial charge in [0.1, 0.15) is 5.75 Å². The second kappa shape index (κ2) is 10.7. The molecule has 2 aromatic rings. The second-order valence-corrected chi connectivity index (χ2v) is 8.73. The lowest BCUT2D eigenvalue weighted by atomic mass is 10.0. The third-order valence-electron chi connectivity index (χ3n) is 4.96. The number of anilines is 1. The molecular weight excluding hydrogens is 416 g/mol. The molecule has 0 bridgehead atoms. The molecule has 2 amide bonds. The zero-order valence-electron chi connectivity index (χ0n) is 18.4. The molecule has 0 radical (unpaired) electrons. The van der Waals surface area contributed by atoms with Gasteiger partial charge < -0.3 is 20.1 Å². The summed E-state index contributed by atoms with van der Waals surface area (Å²) in [5.74, 6) is 0.317. The standard InChI is InChI=1S/C22H30N4O4S/c1-14-10-26(11-15(2)30-14)12-18-13-31-22(24-18)25-21(28)9-20(23-16(3)27)17-5-7-19(29-4)8-6-17/h5-8,13-15,20H,9-12H2,1-4H3,(H,23,27)(H,24,25,28). The Kier molecular flexibility index (Phi) is 8.00. The summed E-state index contributed by atoms with van der Waals surface area (Å²) >= 11 is 1.40. The highest BCUT2D eigenvalue weighted by Crippen LogP contribution is 2.23. The molecule has 3 unspecified atom stereocenters. The van der Waals surface area contributed by atoms with Crippen molar-refractivity contribution in [3.05, 3.63) is 40.9 Å². The first-order valence-electron chi connectivity index (χ1n) is 10.4. The van der Waals surface area contributed by atoms with Gasteiger partial charge in [-0.1, -0.05) is 12.1 Å². The Bertz CT molecular complexity index is 876. The molecule has 31 heavy (non-hydrogen) atoms. The third kappa shape index (κ3) is 7.02. The van der Waals surface area contributed by atoms with Gasteiger partial charge in [0.15, 0.2) is 5.13 Å². The monoisotopic (exact) mass is 446 g/mol. The van der Waals surface area contributed by atoms with E-state index in [1.54, 1.807) is 7.11 Å². The Morgan fingerprint density at radius 2 is 1.94 bits per heavy atom. The number of ether oxygens (including phenoxy) is 2. The Labute approximate surface area is 186 Å². The molecule has 2 N–H and O–H groups in total. The fourth-order valence-corrected chi connectivity index (χ4v) is 4.49. The van der Waals surface area contributed by atoms with Crippen molar-refractivity contribution < 1.29 is 19.1 Å². The summed E-state index contributed by atoms with van der Waals surface area (Å²) in [6.45, 7) is 8.04. The van der Waals surface area contributed by atoms with Crippen LogP contribution in [0.4, 0.5) is 5.13 Å². The molecule has 1 aliphatic rings. The molecule has 3 atom stereocenters. The number of hydrogen-bond acceptors (Lipinski definition) is 7. The molecule has 168 valence electrons. The Hall–Kier alpha value is -2.49. The highest BCUT2D eigenvalue weighted by atomic mass is 32.1. The summed E-state index contributed by atoms with van der Waals surface area (Å²) in [6.07, 6.45) is 0.509. The first-order valence-corrected chi connectivity index (χ1v) is 11.2. The fourth-order valence-electron chi connectivity index (χ4n) is 3.77. The molecular formula is C22H30N4O4S. The second-order valence-electron chi connectivity index (χ2n) is 7.87. The van der Waals surface area contributed by atoms with Gasteiger partial charge >= 0.3 is 0 Å². The topological polar surface area (TPSA) is 92.8 Å². The molecule has 0 aliphatic carbocycles. The van der Waals surface area contributed by atoms with E-state index in [9.17, 15) is 9.59 Å². The first kappa shape index (κ1) is 23.2. The van der Waals surface area contributed by atoms with Gasteiger partial charge in [0.2, 0.25) is 11.8 Å². The molecule has 1 fully saturated rings. The molecule has 2 heterocycles. The zero-order chi connectivity index (χ0) is 22.4. The Balaban J connectivity index is 1.58. The van der Waals surface area contributed by atoms with Crippen LogP contribution in [0.3, 0.4) is 0 Å². The first-order chi connectivity index (χ1) is 14.8. The summed E-state index contributed by atoms with van der Waals surface area (Å²) < 4.78 is 10.9. The van der Waals surface area contributed by atoms with E-state index in [0.29, 0.717) is 10.9 Å². The van der Waals surface area contributed by atoms with Crippen LogP contribution in [-0.4, -0.2) is 54.1 Å². The van der Waals surface area contributed by atoms with E-state index in [1.807, 2.05) is 29.6 Å². The molecule has 9 heteroatoms. The van der Waals surface area contributed by atoms with Crippen molar-refractivity contribution in [3.8, 4) is 5.75 Å². The van der Waals surface area contributed by atoms with Crippen molar-refractivity contribution >= 4 is 28.3 Å². The van der Waals surface area contributed by atoms with E-state index in [-0.39, 0.29) is 30.4 Å². The van der Waals surface area contributed by atoms with E-state index >= 15 is 0 Å². The summed E-state index contributed by atoms with van der Waals surface area (Å²) in [6, 6.07) is 6.88. The van der Waals surface area contributed by atoms with Crippen LogP contribution in [0, 0.1) is 0 Å². The van der Waals surface area contributed by atoms with Gasteiger partial charge in [-0.15, -0.1) is 11.3 Å². The van der Waals surface area contributed by atoms with Crippen LogP contribution < -0.4 is 15.4 Å². The van der Waals surface area contributed by atoms with Gasteiger partial charge in [-0.3, -0.25) is 14.5 Å². The van der Waals surface area contributed by atoms with Crippen molar-refractivity contribution in [2.45, 2.75) is 52.0 Å². The maximum absolute atomic E-state index is 12.6. The number of benzene rings is 1. The summed E-state index contributed by atoms with van der Waals surface area (Å²) in [5, 5.41) is 8.23. The molecule has 8 nitrogen and oxygen atoms in total. The fraction of sp³-hybridized carbons (Fsp3) is 0.500. The zero-order valence-corrected chi connectivity index (χ0v) is 19.2. The molecule has 1 saturated heterocycles. The van der Waals surface area contributed by atoms with Crippen molar-refractivity contribution in [1.29, 1.82) is 0 Å². The number of morpholine rings is 1. The number of carbonyl (C=O) groups is 2. The van der Waals surface area contributed by atoms with Crippen LogP contribution in [0.15, 0.2) is 29.6 Å². The largest absolute Gasteiger partial charge is 0.497 e. The summed E-state index contributed by atoms with van der Waals surface area (Å²) in [7, 11) is 1.59. The predicted molar refractivity (Wildman–Crippen MR) is 120 cm³/mol. The number of carbonyl (C=O) groups excluding carboxylic acids is 2. The van der Waals surface area contributed by atoms with Crippen molar-refractivity contribution in [2.75, 3.05) is 25.5 Å². The van der Waals surface area contributed by atoms with Gasteiger partial charge in [0, 0.05) is 31.9 Å². The Morgan fingerprint density at radius 3 is 2.55 bits per heavy atom. The Morgan fingerprint density at radius 1 is 1.26 bits per heavy atom. The summed E-state index contributed by atoms with van der Waals surface area (Å²) in [5.41, 5.74) is 1.76. The molecule has 3 rings (SSSR count). The SMILES string of the molecule is COc1ccc(C(CC(=O)Nc2nc(CN3CC(C)OC(C)C3)cs2)NC(C)=O)cc1. The predicted octanol–water partition coefficient (Wildman–Crippen LogP) is 2.97. The lowest BCUT2D eigenvalue weighted by Gasteiger charge is -2.34. The third-order valence-corrected chi connectivity index (χ3v) is 5.77. The molecule has 1 aromatic heterocycles. The average molecular weight is 447 g/mol. The smallest absolute Gasteiger partial charge is 0.228 e. The molecule has 1 aliphatic heterocycles. The normalized spacial score (nSPS) is 20.1. The van der Waals surface area contributed by atoms with Gasteiger partial charge in [-0.25, -0.2) is 4.98 Å². The minimum Gasteiger partial charge on any atom is -0.497 e. The van der Waals surface area contributed by atoms with Crippen molar-refractivity contribution in [1.82, 2.24) is 15.2 Å². The van der Waals surface area contributed by atoms with Crippen molar-refractivity contribution in [3.63, 3.8) is 0 Å².